The molecule has 3 heterocycles. The minimum atomic E-state index is -0.580. The third-order valence-electron chi connectivity index (χ3n) is 4.18. The van der Waals surface area contributed by atoms with E-state index in [0.29, 0.717) is 23.4 Å². The monoisotopic (exact) mass is 360 g/mol. The minimum Gasteiger partial charge on any atom is -0.288 e. The Kier molecular flexibility index (Phi) is 4.04. The Labute approximate surface area is 146 Å². The standard InChI is InChI=1S/C17H14F2N4OS/c18-12-6-11(7-13(19)8-12)10-3-4-15-20-17(22-23(15)9-10)21-16(24)14-2-1-5-25-14/h1-2,5-8,10H,3-4,9H2,(H,21,22,24). The Morgan fingerprint density at radius 1 is 1.28 bits per heavy atom. The molecule has 0 bridgehead atoms. The van der Waals surface area contributed by atoms with Crippen LogP contribution in [0.3, 0.4) is 0 Å². The normalized spacial score (nSPS) is 16.5. The highest BCUT2D eigenvalue weighted by Gasteiger charge is 2.24. The molecule has 0 spiro atoms. The van der Waals surface area contributed by atoms with Crippen LogP contribution >= 0.6 is 11.3 Å². The Morgan fingerprint density at radius 3 is 2.80 bits per heavy atom. The van der Waals surface area contributed by atoms with Crippen LogP contribution < -0.4 is 5.32 Å². The number of carbonyl (C=O) groups is 1. The molecule has 0 fully saturated rings. The highest BCUT2D eigenvalue weighted by atomic mass is 32.1. The summed E-state index contributed by atoms with van der Waals surface area (Å²) < 4.78 is 28.6. The van der Waals surface area contributed by atoms with Gasteiger partial charge in [0, 0.05) is 24.9 Å². The summed E-state index contributed by atoms with van der Waals surface area (Å²) >= 11 is 1.34. The fraction of sp³-hybridized carbons (Fsp3) is 0.235. The summed E-state index contributed by atoms with van der Waals surface area (Å²) in [6.07, 6.45) is 1.35. The van der Waals surface area contributed by atoms with E-state index in [4.69, 9.17) is 0 Å². The van der Waals surface area contributed by atoms with E-state index in [0.717, 1.165) is 18.3 Å². The number of aromatic nitrogens is 3. The van der Waals surface area contributed by atoms with Crippen LogP contribution in [0.25, 0.3) is 0 Å². The minimum absolute atomic E-state index is 0.0414. The molecule has 0 aliphatic carbocycles. The van der Waals surface area contributed by atoms with Crippen molar-refractivity contribution in [3.8, 4) is 0 Å². The van der Waals surface area contributed by atoms with Gasteiger partial charge in [0.15, 0.2) is 0 Å². The molecule has 0 saturated heterocycles. The number of halogens is 2. The van der Waals surface area contributed by atoms with Gasteiger partial charge in [0.25, 0.3) is 5.91 Å². The van der Waals surface area contributed by atoms with Gasteiger partial charge in [-0.05, 0) is 35.6 Å². The van der Waals surface area contributed by atoms with Crippen LogP contribution in [0.1, 0.15) is 33.4 Å². The summed E-state index contributed by atoms with van der Waals surface area (Å²) in [4.78, 5) is 17.0. The first-order valence-corrected chi connectivity index (χ1v) is 8.71. The number of carbonyl (C=O) groups excluding carboxylic acids is 1. The van der Waals surface area contributed by atoms with Crippen molar-refractivity contribution in [1.29, 1.82) is 0 Å². The summed E-state index contributed by atoms with van der Waals surface area (Å²) in [5.41, 5.74) is 0.614. The van der Waals surface area contributed by atoms with Crippen LogP contribution in [0, 0.1) is 11.6 Å². The van der Waals surface area contributed by atoms with Crippen molar-refractivity contribution in [1.82, 2.24) is 14.8 Å². The molecule has 5 nitrogen and oxygen atoms in total. The van der Waals surface area contributed by atoms with Crippen molar-refractivity contribution < 1.29 is 13.6 Å². The largest absolute Gasteiger partial charge is 0.288 e. The van der Waals surface area contributed by atoms with Crippen molar-refractivity contribution >= 4 is 23.2 Å². The van der Waals surface area contributed by atoms with E-state index in [2.05, 4.69) is 15.4 Å². The second-order valence-electron chi connectivity index (χ2n) is 5.90. The second-order valence-corrected chi connectivity index (χ2v) is 6.85. The molecule has 1 amide bonds. The van der Waals surface area contributed by atoms with Gasteiger partial charge in [-0.15, -0.1) is 16.4 Å². The van der Waals surface area contributed by atoms with Crippen molar-refractivity contribution in [2.24, 2.45) is 0 Å². The number of aryl methyl sites for hydroxylation is 1. The summed E-state index contributed by atoms with van der Waals surface area (Å²) in [6, 6.07) is 7.11. The predicted octanol–water partition coefficient (Wildman–Crippen LogP) is 3.60. The lowest BCUT2D eigenvalue weighted by Crippen LogP contribution is -2.20. The van der Waals surface area contributed by atoms with Crippen LogP contribution in [0.5, 0.6) is 0 Å². The van der Waals surface area contributed by atoms with Gasteiger partial charge < -0.3 is 0 Å². The first-order valence-electron chi connectivity index (χ1n) is 7.83. The van der Waals surface area contributed by atoms with E-state index >= 15 is 0 Å². The van der Waals surface area contributed by atoms with Gasteiger partial charge in [-0.25, -0.2) is 13.5 Å². The molecule has 1 N–H and O–H groups in total. The molecular formula is C17H14F2N4OS. The highest BCUT2D eigenvalue weighted by Crippen LogP contribution is 2.29. The number of nitrogens with one attached hydrogen (secondary N) is 1. The van der Waals surface area contributed by atoms with E-state index in [-0.39, 0.29) is 17.8 Å². The van der Waals surface area contributed by atoms with E-state index in [1.54, 1.807) is 16.8 Å². The van der Waals surface area contributed by atoms with Gasteiger partial charge >= 0.3 is 0 Å². The molecule has 4 rings (SSSR count). The van der Waals surface area contributed by atoms with E-state index < -0.39 is 11.6 Å². The third kappa shape index (κ3) is 3.30. The summed E-state index contributed by atoms with van der Waals surface area (Å²) in [7, 11) is 0. The zero-order valence-electron chi connectivity index (χ0n) is 13.1. The summed E-state index contributed by atoms with van der Waals surface area (Å²) in [5, 5.41) is 8.82. The fourth-order valence-electron chi connectivity index (χ4n) is 3.02. The summed E-state index contributed by atoms with van der Waals surface area (Å²) in [6.45, 7) is 0.472. The number of hydrogen-bond donors (Lipinski definition) is 1. The molecule has 0 radical (unpaired) electrons. The van der Waals surface area contributed by atoms with Gasteiger partial charge in [0.2, 0.25) is 5.95 Å². The molecule has 1 atom stereocenters. The molecular weight excluding hydrogens is 346 g/mol. The number of hydrogen-bond acceptors (Lipinski definition) is 4. The van der Waals surface area contributed by atoms with Gasteiger partial charge in [-0.1, -0.05) is 6.07 Å². The van der Waals surface area contributed by atoms with Gasteiger partial charge in [-0.3, -0.25) is 10.1 Å². The Morgan fingerprint density at radius 2 is 2.08 bits per heavy atom. The lowest BCUT2D eigenvalue weighted by Gasteiger charge is -2.22. The summed E-state index contributed by atoms with van der Waals surface area (Å²) in [5.74, 6) is -0.442. The number of amides is 1. The number of nitrogens with zero attached hydrogens (tertiary/aromatic N) is 3. The molecule has 8 heteroatoms. The first kappa shape index (κ1) is 15.9. The number of thiophene rings is 1. The maximum Gasteiger partial charge on any atom is 0.268 e. The van der Waals surface area contributed by atoms with E-state index in [1.807, 2.05) is 5.38 Å². The van der Waals surface area contributed by atoms with Gasteiger partial charge in [0.1, 0.15) is 17.5 Å². The van der Waals surface area contributed by atoms with E-state index in [9.17, 15) is 13.6 Å². The maximum absolute atomic E-state index is 13.4. The molecule has 2 aromatic heterocycles. The van der Waals surface area contributed by atoms with Crippen molar-refractivity contribution in [2.45, 2.75) is 25.3 Å². The van der Waals surface area contributed by atoms with Crippen LogP contribution in [-0.2, 0) is 13.0 Å². The molecule has 0 saturated carbocycles. The van der Waals surface area contributed by atoms with Crippen LogP contribution in [0.2, 0.25) is 0 Å². The Hall–Kier alpha value is -2.61. The molecule has 1 aliphatic heterocycles. The third-order valence-corrected chi connectivity index (χ3v) is 5.05. The number of fused-ring (bicyclic) bond motifs is 1. The zero-order chi connectivity index (χ0) is 17.4. The van der Waals surface area contributed by atoms with E-state index in [1.165, 1.54) is 23.5 Å². The zero-order valence-corrected chi connectivity index (χ0v) is 13.9. The van der Waals surface area contributed by atoms with Crippen molar-refractivity contribution in [3.63, 3.8) is 0 Å². The molecule has 25 heavy (non-hydrogen) atoms. The van der Waals surface area contributed by atoms with Crippen LogP contribution in [0.4, 0.5) is 14.7 Å². The quantitative estimate of drug-likeness (QED) is 0.776. The smallest absolute Gasteiger partial charge is 0.268 e. The van der Waals surface area contributed by atoms with Gasteiger partial charge in [-0.2, -0.15) is 4.98 Å². The molecule has 1 unspecified atom stereocenters. The fourth-order valence-corrected chi connectivity index (χ4v) is 3.63. The second kappa shape index (κ2) is 6.36. The predicted molar refractivity (Wildman–Crippen MR) is 89.7 cm³/mol. The highest BCUT2D eigenvalue weighted by molar-refractivity contribution is 7.12. The maximum atomic E-state index is 13.4. The van der Waals surface area contributed by atoms with Crippen molar-refractivity contribution in [2.75, 3.05) is 5.32 Å². The Balaban J connectivity index is 1.52. The lowest BCUT2D eigenvalue weighted by molar-refractivity contribution is 0.102. The topological polar surface area (TPSA) is 59.8 Å². The van der Waals surface area contributed by atoms with Crippen LogP contribution in [-0.4, -0.2) is 20.7 Å². The lowest BCUT2D eigenvalue weighted by atomic mass is 9.91. The first-order chi connectivity index (χ1) is 12.1. The average molecular weight is 360 g/mol. The van der Waals surface area contributed by atoms with Gasteiger partial charge in [0.05, 0.1) is 4.88 Å². The van der Waals surface area contributed by atoms with Crippen molar-refractivity contribution in [3.05, 3.63) is 63.6 Å². The number of anilines is 1. The molecule has 3 aromatic rings. The SMILES string of the molecule is O=C(Nc1nc2n(n1)CC(c1cc(F)cc(F)c1)CC2)c1cccs1. The molecule has 1 aromatic carbocycles. The molecule has 128 valence electrons. The van der Waals surface area contributed by atoms with Crippen LogP contribution in [0.15, 0.2) is 35.7 Å². The number of rotatable bonds is 3. The Bertz CT molecular complexity index is 903. The average Bonchev–Trinajstić information content (AvgIpc) is 3.22. The molecule has 1 aliphatic rings. The number of benzene rings is 1.